The molecule has 2 heterocycles. The van der Waals surface area contributed by atoms with Crippen LogP contribution in [-0.4, -0.2) is 23.1 Å². The van der Waals surface area contributed by atoms with Crippen LogP contribution >= 0.6 is 35.0 Å². The normalized spacial score (nSPS) is 12.2. The molecule has 1 aliphatic heterocycles. The number of benzene rings is 3. The monoisotopic (exact) mass is 503 g/mol. The number of carbonyl (C=O) groups is 1. The number of fused-ring (bicyclic) bond motifs is 2. The van der Waals surface area contributed by atoms with Gasteiger partial charge in [-0.05, 0) is 60.5 Å². The number of nitrogens with one attached hydrogen (secondary N) is 1. The number of hydrogen-bond donors (Lipinski definition) is 1. The maximum absolute atomic E-state index is 12.9. The Bertz CT molecular complexity index is 1410. The van der Waals surface area contributed by atoms with Crippen molar-refractivity contribution < 1.29 is 4.79 Å². The standard InChI is InChI=1S/C27H19Cl2N3OS/c28-19-8-9-20(22(29)15-19)26-21-5-1-2-6-24(21)34-25-10-7-18(14-23(25)32-26)27(33)31-13-11-17-4-3-12-30-16-17/h1-10,12,14-16H,11,13H2,(H,31,33). The van der Waals surface area contributed by atoms with Crippen molar-refractivity contribution in [1.29, 1.82) is 0 Å². The first-order valence-electron chi connectivity index (χ1n) is 10.7. The van der Waals surface area contributed by atoms with Crippen LogP contribution < -0.4 is 5.32 Å². The minimum Gasteiger partial charge on any atom is -0.352 e. The van der Waals surface area contributed by atoms with Crippen LogP contribution in [0.2, 0.25) is 10.0 Å². The molecule has 0 aliphatic carbocycles. The number of pyridine rings is 1. The molecule has 0 atom stereocenters. The molecule has 0 unspecified atom stereocenters. The molecule has 34 heavy (non-hydrogen) atoms. The van der Waals surface area contributed by atoms with E-state index in [4.69, 9.17) is 28.2 Å². The zero-order valence-electron chi connectivity index (χ0n) is 18.0. The molecule has 1 aliphatic rings. The molecule has 168 valence electrons. The van der Waals surface area contributed by atoms with Crippen molar-refractivity contribution >= 4 is 52.3 Å². The first-order chi connectivity index (χ1) is 16.6. The van der Waals surface area contributed by atoms with Gasteiger partial charge in [0.05, 0.1) is 16.4 Å². The number of aliphatic imine (C=N–C) groups is 1. The summed E-state index contributed by atoms with van der Waals surface area (Å²) in [7, 11) is 0. The lowest BCUT2D eigenvalue weighted by Crippen LogP contribution is -2.25. The molecule has 0 saturated carbocycles. The van der Waals surface area contributed by atoms with E-state index in [2.05, 4.69) is 16.4 Å². The number of aromatic nitrogens is 1. The third kappa shape index (κ3) is 4.87. The highest BCUT2D eigenvalue weighted by Gasteiger charge is 2.21. The summed E-state index contributed by atoms with van der Waals surface area (Å²) < 4.78 is 0. The molecule has 7 heteroatoms. The van der Waals surface area contributed by atoms with Gasteiger partial charge in [0, 0.05) is 50.4 Å². The minimum atomic E-state index is -0.139. The van der Waals surface area contributed by atoms with Gasteiger partial charge in [0.15, 0.2) is 0 Å². The van der Waals surface area contributed by atoms with Gasteiger partial charge in [-0.25, -0.2) is 4.99 Å². The number of halogens is 2. The highest BCUT2D eigenvalue weighted by molar-refractivity contribution is 7.99. The van der Waals surface area contributed by atoms with Crippen molar-refractivity contribution in [2.75, 3.05) is 6.54 Å². The van der Waals surface area contributed by atoms with Crippen LogP contribution in [0.25, 0.3) is 0 Å². The van der Waals surface area contributed by atoms with E-state index < -0.39 is 0 Å². The maximum Gasteiger partial charge on any atom is 0.251 e. The lowest BCUT2D eigenvalue weighted by Gasteiger charge is -2.11. The number of carbonyl (C=O) groups excluding carboxylic acids is 1. The van der Waals surface area contributed by atoms with Gasteiger partial charge in [0.25, 0.3) is 5.91 Å². The fourth-order valence-electron chi connectivity index (χ4n) is 3.74. The van der Waals surface area contributed by atoms with Crippen molar-refractivity contribution in [2.24, 2.45) is 4.99 Å². The van der Waals surface area contributed by atoms with E-state index in [1.54, 1.807) is 30.1 Å². The summed E-state index contributed by atoms with van der Waals surface area (Å²) in [6.07, 6.45) is 4.26. The third-order valence-electron chi connectivity index (χ3n) is 5.42. The van der Waals surface area contributed by atoms with Crippen LogP contribution in [0, 0.1) is 0 Å². The average molecular weight is 504 g/mol. The van der Waals surface area contributed by atoms with Crippen LogP contribution in [0.3, 0.4) is 0 Å². The van der Waals surface area contributed by atoms with Crippen molar-refractivity contribution in [2.45, 2.75) is 16.2 Å². The predicted molar refractivity (Wildman–Crippen MR) is 139 cm³/mol. The number of hydrogen-bond acceptors (Lipinski definition) is 4. The maximum atomic E-state index is 12.9. The van der Waals surface area contributed by atoms with E-state index >= 15 is 0 Å². The van der Waals surface area contributed by atoms with Gasteiger partial charge in [0.2, 0.25) is 0 Å². The molecule has 0 bridgehead atoms. The Hall–Kier alpha value is -3.12. The quantitative estimate of drug-likeness (QED) is 0.281. The summed E-state index contributed by atoms with van der Waals surface area (Å²) in [5.41, 5.74) is 4.88. The Morgan fingerprint density at radius 3 is 2.62 bits per heavy atom. The summed E-state index contributed by atoms with van der Waals surface area (Å²) in [5, 5.41) is 4.08. The highest BCUT2D eigenvalue weighted by atomic mass is 35.5. The van der Waals surface area contributed by atoms with Crippen LogP contribution in [0.15, 0.2) is 100.0 Å². The molecule has 4 nitrogen and oxygen atoms in total. The van der Waals surface area contributed by atoms with Gasteiger partial charge in [0.1, 0.15) is 0 Å². The average Bonchev–Trinajstić information content (AvgIpc) is 3.01. The molecular weight excluding hydrogens is 485 g/mol. The molecular formula is C27H19Cl2N3OS. The second kappa shape index (κ2) is 10.0. The summed E-state index contributed by atoms with van der Waals surface area (Å²) >= 11 is 14.3. The predicted octanol–water partition coefficient (Wildman–Crippen LogP) is 6.99. The van der Waals surface area contributed by atoms with Gasteiger partial charge in [-0.1, -0.05) is 59.2 Å². The van der Waals surface area contributed by atoms with E-state index in [1.807, 2.05) is 60.8 Å². The molecule has 4 aromatic rings. The van der Waals surface area contributed by atoms with Crippen LogP contribution in [0.1, 0.15) is 27.0 Å². The van der Waals surface area contributed by atoms with Crippen molar-refractivity contribution in [3.63, 3.8) is 0 Å². The molecule has 1 amide bonds. The van der Waals surface area contributed by atoms with E-state index in [1.165, 1.54) is 0 Å². The minimum absolute atomic E-state index is 0.139. The smallest absolute Gasteiger partial charge is 0.251 e. The fourth-order valence-corrected chi connectivity index (χ4v) is 5.24. The van der Waals surface area contributed by atoms with Crippen molar-refractivity contribution in [3.05, 3.63) is 117 Å². The SMILES string of the molecule is O=C(NCCc1cccnc1)c1ccc2c(c1)N=C(c1ccc(Cl)cc1Cl)c1ccccc1S2. The number of rotatable bonds is 5. The van der Waals surface area contributed by atoms with Crippen LogP contribution in [0.4, 0.5) is 5.69 Å². The molecule has 0 saturated heterocycles. The van der Waals surface area contributed by atoms with Gasteiger partial charge in [-0.2, -0.15) is 0 Å². The molecule has 0 fully saturated rings. The Morgan fingerprint density at radius 2 is 1.79 bits per heavy atom. The first-order valence-corrected chi connectivity index (χ1v) is 12.3. The molecule has 3 aromatic carbocycles. The Morgan fingerprint density at radius 1 is 0.912 bits per heavy atom. The van der Waals surface area contributed by atoms with Crippen molar-refractivity contribution in [1.82, 2.24) is 10.3 Å². The van der Waals surface area contributed by atoms with Crippen LogP contribution in [0.5, 0.6) is 0 Å². The second-order valence-electron chi connectivity index (χ2n) is 7.73. The lowest BCUT2D eigenvalue weighted by molar-refractivity contribution is 0.0954. The van der Waals surface area contributed by atoms with Crippen molar-refractivity contribution in [3.8, 4) is 0 Å². The summed E-state index contributed by atoms with van der Waals surface area (Å²) in [5.74, 6) is -0.139. The zero-order valence-corrected chi connectivity index (χ0v) is 20.3. The Labute approximate surface area is 212 Å². The second-order valence-corrected chi connectivity index (χ2v) is 9.66. The highest BCUT2D eigenvalue weighted by Crippen LogP contribution is 2.42. The van der Waals surface area contributed by atoms with Gasteiger partial charge < -0.3 is 5.32 Å². The van der Waals surface area contributed by atoms with Gasteiger partial charge in [-0.15, -0.1) is 0 Å². The summed E-state index contributed by atoms with van der Waals surface area (Å²) in [6, 6.07) is 23.0. The van der Waals surface area contributed by atoms with Gasteiger partial charge >= 0.3 is 0 Å². The molecule has 1 aromatic heterocycles. The lowest BCUT2D eigenvalue weighted by atomic mass is 10.0. The van der Waals surface area contributed by atoms with E-state index in [-0.39, 0.29) is 5.91 Å². The number of nitrogens with zero attached hydrogens (tertiary/aromatic N) is 2. The first kappa shape index (κ1) is 22.7. The van der Waals surface area contributed by atoms with E-state index in [0.717, 1.165) is 37.9 Å². The fraction of sp³-hybridized carbons (Fsp3) is 0.0741. The third-order valence-corrected chi connectivity index (χ3v) is 7.11. The zero-order chi connectivity index (χ0) is 23.5. The summed E-state index contributed by atoms with van der Waals surface area (Å²) in [6.45, 7) is 0.525. The Kier molecular flexibility index (Phi) is 6.68. The topological polar surface area (TPSA) is 54.4 Å². The van der Waals surface area contributed by atoms with Crippen LogP contribution in [-0.2, 0) is 6.42 Å². The molecule has 0 spiro atoms. The molecule has 5 rings (SSSR count). The number of amides is 1. The molecule has 0 radical (unpaired) electrons. The molecule has 1 N–H and O–H groups in total. The Balaban J connectivity index is 1.47. The largest absolute Gasteiger partial charge is 0.352 e. The van der Waals surface area contributed by atoms with E-state index in [0.29, 0.717) is 28.6 Å². The van der Waals surface area contributed by atoms with Gasteiger partial charge in [-0.3, -0.25) is 9.78 Å². The summed E-state index contributed by atoms with van der Waals surface area (Å²) in [4.78, 5) is 24.0. The van der Waals surface area contributed by atoms with E-state index in [9.17, 15) is 4.79 Å².